The van der Waals surface area contributed by atoms with Crippen LogP contribution in [0.5, 0.6) is 5.75 Å². The smallest absolute Gasteiger partial charge is 0.256 e. The number of hydrogen-bond acceptors (Lipinski definition) is 3. The van der Waals surface area contributed by atoms with Crippen molar-refractivity contribution in [3.63, 3.8) is 0 Å². The summed E-state index contributed by atoms with van der Waals surface area (Å²) in [6.45, 7) is 1.88. The minimum Gasteiger partial charge on any atom is -0.497 e. The molecular weight excluding hydrogens is 228 g/mol. The Balaban J connectivity index is 2.11. The second-order valence-corrected chi connectivity index (χ2v) is 3.85. The number of carbonyl (C=O) groups is 1. The first-order valence-electron chi connectivity index (χ1n) is 5.58. The maximum atomic E-state index is 11.9. The fraction of sp³-hybridized carbons (Fsp3) is 0.143. The predicted octanol–water partition coefficient (Wildman–Crippen LogP) is 2.65. The molecule has 0 saturated heterocycles. The Labute approximate surface area is 106 Å². The van der Waals surface area contributed by atoms with E-state index in [1.165, 1.54) is 0 Å². The molecule has 1 aromatic carbocycles. The molecule has 4 nitrogen and oxygen atoms in total. The quantitative estimate of drug-likeness (QED) is 0.900. The van der Waals surface area contributed by atoms with Gasteiger partial charge in [-0.3, -0.25) is 4.79 Å². The monoisotopic (exact) mass is 242 g/mol. The van der Waals surface area contributed by atoms with Crippen molar-refractivity contribution >= 4 is 11.7 Å². The molecule has 1 aromatic heterocycles. The van der Waals surface area contributed by atoms with Crippen LogP contribution in [0.3, 0.4) is 0 Å². The molecule has 0 fully saturated rings. The molecule has 0 saturated carbocycles. The Morgan fingerprint density at radius 1 is 1.17 bits per heavy atom. The lowest BCUT2D eigenvalue weighted by atomic mass is 10.2. The van der Waals surface area contributed by atoms with Gasteiger partial charge in [0.2, 0.25) is 0 Å². The zero-order chi connectivity index (χ0) is 13.0. The zero-order valence-corrected chi connectivity index (χ0v) is 10.3. The van der Waals surface area contributed by atoms with E-state index in [1.54, 1.807) is 37.4 Å². The van der Waals surface area contributed by atoms with E-state index < -0.39 is 0 Å². The molecule has 18 heavy (non-hydrogen) atoms. The van der Waals surface area contributed by atoms with Gasteiger partial charge in [-0.1, -0.05) is 6.07 Å². The van der Waals surface area contributed by atoms with Crippen LogP contribution >= 0.6 is 0 Å². The van der Waals surface area contributed by atoms with E-state index in [0.717, 1.165) is 11.4 Å². The number of carbonyl (C=O) groups excluding carboxylic acids is 1. The normalized spacial score (nSPS) is 9.89. The average molecular weight is 242 g/mol. The number of aromatic nitrogens is 1. The van der Waals surface area contributed by atoms with E-state index in [2.05, 4.69) is 10.3 Å². The van der Waals surface area contributed by atoms with Crippen molar-refractivity contribution in [2.75, 3.05) is 12.4 Å². The van der Waals surface area contributed by atoms with Crippen LogP contribution in [0.25, 0.3) is 0 Å². The predicted molar refractivity (Wildman–Crippen MR) is 69.9 cm³/mol. The first-order chi connectivity index (χ1) is 8.69. The summed E-state index contributed by atoms with van der Waals surface area (Å²) < 4.78 is 5.04. The first-order valence-corrected chi connectivity index (χ1v) is 5.58. The first kappa shape index (κ1) is 12.1. The number of nitrogens with zero attached hydrogens (tertiary/aromatic N) is 1. The van der Waals surface area contributed by atoms with E-state index >= 15 is 0 Å². The van der Waals surface area contributed by atoms with Crippen molar-refractivity contribution in [2.45, 2.75) is 6.92 Å². The summed E-state index contributed by atoms with van der Waals surface area (Å²) in [5, 5.41) is 2.75. The highest BCUT2D eigenvalue weighted by molar-refractivity contribution is 6.03. The van der Waals surface area contributed by atoms with Gasteiger partial charge >= 0.3 is 0 Å². The van der Waals surface area contributed by atoms with Crippen LogP contribution in [0, 0.1) is 6.92 Å². The Hall–Kier alpha value is -2.36. The minimum absolute atomic E-state index is 0.184. The molecule has 0 spiro atoms. The van der Waals surface area contributed by atoms with Crippen molar-refractivity contribution in [1.82, 2.24) is 4.98 Å². The van der Waals surface area contributed by atoms with Crippen molar-refractivity contribution < 1.29 is 9.53 Å². The number of anilines is 1. The number of amides is 1. The second-order valence-electron chi connectivity index (χ2n) is 3.85. The Bertz CT molecular complexity index is 550. The third-order valence-electron chi connectivity index (χ3n) is 2.48. The van der Waals surface area contributed by atoms with E-state index in [0.29, 0.717) is 11.4 Å². The molecule has 2 aromatic rings. The number of benzene rings is 1. The molecule has 0 bridgehead atoms. The molecule has 4 heteroatoms. The summed E-state index contributed by atoms with van der Waals surface area (Å²) in [6, 6.07) is 12.4. The Morgan fingerprint density at radius 2 is 1.89 bits per heavy atom. The van der Waals surface area contributed by atoms with E-state index in [-0.39, 0.29) is 5.91 Å². The summed E-state index contributed by atoms with van der Waals surface area (Å²) >= 11 is 0. The third-order valence-corrected chi connectivity index (χ3v) is 2.48. The highest BCUT2D eigenvalue weighted by Gasteiger charge is 2.06. The Morgan fingerprint density at radius 3 is 2.50 bits per heavy atom. The van der Waals surface area contributed by atoms with Crippen molar-refractivity contribution in [3.05, 3.63) is 53.7 Å². The van der Waals surface area contributed by atoms with Gasteiger partial charge < -0.3 is 10.1 Å². The SMILES string of the molecule is COc1ccc(C(=O)Nc2cccc(C)n2)cc1. The molecule has 2 rings (SSSR count). The number of hydrogen-bond donors (Lipinski definition) is 1. The lowest BCUT2D eigenvalue weighted by molar-refractivity contribution is 0.102. The summed E-state index contributed by atoms with van der Waals surface area (Å²) in [5.41, 5.74) is 1.43. The molecule has 0 unspecified atom stereocenters. The molecule has 92 valence electrons. The van der Waals surface area contributed by atoms with Gasteiger partial charge in [-0.2, -0.15) is 0 Å². The van der Waals surface area contributed by atoms with E-state index in [1.807, 2.05) is 19.1 Å². The number of rotatable bonds is 3. The third kappa shape index (κ3) is 2.85. The second kappa shape index (κ2) is 5.31. The molecular formula is C14H14N2O2. The van der Waals surface area contributed by atoms with Crippen molar-refractivity contribution in [1.29, 1.82) is 0 Å². The largest absolute Gasteiger partial charge is 0.497 e. The van der Waals surface area contributed by atoms with Gasteiger partial charge in [0.1, 0.15) is 11.6 Å². The maximum absolute atomic E-state index is 11.9. The van der Waals surface area contributed by atoms with Crippen LogP contribution in [0.4, 0.5) is 5.82 Å². The fourth-order valence-electron chi connectivity index (χ4n) is 1.54. The summed E-state index contributed by atoms with van der Waals surface area (Å²) in [4.78, 5) is 16.1. The number of ether oxygens (including phenoxy) is 1. The lowest BCUT2D eigenvalue weighted by Crippen LogP contribution is -2.12. The van der Waals surface area contributed by atoms with Crippen LogP contribution in [-0.4, -0.2) is 18.0 Å². The van der Waals surface area contributed by atoms with Gasteiger partial charge in [0.05, 0.1) is 7.11 Å². The van der Waals surface area contributed by atoms with Gasteiger partial charge in [-0.15, -0.1) is 0 Å². The van der Waals surface area contributed by atoms with Crippen molar-refractivity contribution in [3.8, 4) is 5.75 Å². The highest BCUT2D eigenvalue weighted by atomic mass is 16.5. The van der Waals surface area contributed by atoms with E-state index in [4.69, 9.17) is 4.74 Å². The maximum Gasteiger partial charge on any atom is 0.256 e. The molecule has 1 N–H and O–H groups in total. The topological polar surface area (TPSA) is 51.2 Å². The fourth-order valence-corrected chi connectivity index (χ4v) is 1.54. The number of nitrogens with one attached hydrogen (secondary N) is 1. The summed E-state index contributed by atoms with van der Waals surface area (Å²) in [7, 11) is 1.59. The van der Waals surface area contributed by atoms with Gasteiger partial charge in [-0.05, 0) is 43.3 Å². The summed E-state index contributed by atoms with van der Waals surface area (Å²) in [6.07, 6.45) is 0. The minimum atomic E-state index is -0.184. The highest BCUT2D eigenvalue weighted by Crippen LogP contribution is 2.13. The number of pyridine rings is 1. The van der Waals surface area contributed by atoms with Crippen LogP contribution in [0.2, 0.25) is 0 Å². The average Bonchev–Trinajstić information content (AvgIpc) is 2.39. The standard InChI is InChI=1S/C14H14N2O2/c1-10-4-3-5-13(15-10)16-14(17)11-6-8-12(18-2)9-7-11/h3-9H,1-2H3,(H,15,16,17). The molecule has 0 radical (unpaired) electrons. The number of aryl methyl sites for hydroxylation is 1. The van der Waals surface area contributed by atoms with Gasteiger partial charge in [-0.25, -0.2) is 4.98 Å². The van der Waals surface area contributed by atoms with Crippen LogP contribution in [-0.2, 0) is 0 Å². The van der Waals surface area contributed by atoms with Gasteiger partial charge in [0.25, 0.3) is 5.91 Å². The van der Waals surface area contributed by atoms with E-state index in [9.17, 15) is 4.79 Å². The summed E-state index contributed by atoms with van der Waals surface area (Å²) in [5.74, 6) is 1.09. The molecule has 0 aliphatic rings. The number of methoxy groups -OCH3 is 1. The van der Waals surface area contributed by atoms with Gasteiger partial charge in [0.15, 0.2) is 0 Å². The van der Waals surface area contributed by atoms with Crippen LogP contribution in [0.15, 0.2) is 42.5 Å². The molecule has 0 aliphatic carbocycles. The van der Waals surface area contributed by atoms with Crippen molar-refractivity contribution in [2.24, 2.45) is 0 Å². The molecule has 1 amide bonds. The van der Waals surface area contributed by atoms with Gasteiger partial charge in [0, 0.05) is 11.3 Å². The van der Waals surface area contributed by atoms with Crippen LogP contribution < -0.4 is 10.1 Å². The van der Waals surface area contributed by atoms with Crippen LogP contribution in [0.1, 0.15) is 16.1 Å². The Kier molecular flexibility index (Phi) is 3.57. The molecule has 1 heterocycles. The molecule has 0 aliphatic heterocycles. The zero-order valence-electron chi connectivity index (χ0n) is 10.3. The lowest BCUT2D eigenvalue weighted by Gasteiger charge is -2.05. The molecule has 0 atom stereocenters.